The number of amides is 1. The standard InChI is InChI=1S/C3H5NO.K.H2O3S/c1-2-3(4)5;;1-4(2)3/h2H,1H2,(H2,4,5);;(H2,1,2,3)/q;+1;/p-1. The molecule has 0 aromatic heterocycles. The van der Waals surface area contributed by atoms with Gasteiger partial charge in [0.15, 0.2) is 0 Å². The quantitative estimate of drug-likeness (QED) is 0.250. The second-order valence-electron chi connectivity index (χ2n) is 0.824. The van der Waals surface area contributed by atoms with E-state index >= 15 is 0 Å². The number of primary amides is 1. The summed E-state index contributed by atoms with van der Waals surface area (Å²) >= 11 is -2.86. The summed E-state index contributed by atoms with van der Waals surface area (Å²) < 4.78 is 24.1. The first-order valence-corrected chi connectivity index (χ1v) is 2.74. The number of hydrogen-bond donors (Lipinski definition) is 2. The molecule has 0 fully saturated rings. The Morgan fingerprint density at radius 1 is 1.80 bits per heavy atom. The summed E-state index contributed by atoms with van der Waals surface area (Å²) in [6, 6.07) is 0. The molecule has 54 valence electrons. The molecule has 1 unspecified atom stereocenters. The Balaban J connectivity index is -0.0000000910. The Labute approximate surface area is 104 Å². The molecule has 0 bridgehead atoms. The molecule has 0 aromatic rings. The van der Waals surface area contributed by atoms with Crippen LogP contribution < -0.4 is 57.1 Å². The first kappa shape index (κ1) is 17.1. The van der Waals surface area contributed by atoms with Gasteiger partial charge in [-0.25, -0.2) is 4.21 Å². The summed E-state index contributed by atoms with van der Waals surface area (Å²) in [7, 11) is 0. The van der Waals surface area contributed by atoms with Gasteiger partial charge in [-0.05, 0) is 6.08 Å². The van der Waals surface area contributed by atoms with Crippen LogP contribution in [0.3, 0.4) is 0 Å². The van der Waals surface area contributed by atoms with E-state index in [1.807, 2.05) is 0 Å². The van der Waals surface area contributed by atoms with Crippen LogP contribution in [0, 0.1) is 0 Å². The van der Waals surface area contributed by atoms with Crippen molar-refractivity contribution in [2.24, 2.45) is 5.73 Å². The topological polar surface area (TPSA) is 103 Å². The van der Waals surface area contributed by atoms with Crippen LogP contribution in [0.2, 0.25) is 0 Å². The van der Waals surface area contributed by atoms with Gasteiger partial charge >= 0.3 is 51.4 Å². The van der Waals surface area contributed by atoms with Crippen LogP contribution in [0.5, 0.6) is 0 Å². The van der Waals surface area contributed by atoms with Crippen LogP contribution in [-0.4, -0.2) is 19.2 Å². The van der Waals surface area contributed by atoms with E-state index in [9.17, 15) is 4.79 Å². The van der Waals surface area contributed by atoms with Gasteiger partial charge in [-0.1, -0.05) is 6.58 Å². The van der Waals surface area contributed by atoms with E-state index in [2.05, 4.69) is 12.3 Å². The van der Waals surface area contributed by atoms with Crippen molar-refractivity contribution in [2.45, 2.75) is 0 Å². The Kier molecular flexibility index (Phi) is 21.5. The zero-order valence-electron chi connectivity index (χ0n) is 5.44. The number of carbonyl (C=O) groups excluding carboxylic acids is 1. The Morgan fingerprint density at radius 3 is 1.90 bits per heavy atom. The molecular formula is C3H6KNO4S. The fraction of sp³-hybridized carbons (Fsp3) is 0. The molecule has 5 nitrogen and oxygen atoms in total. The van der Waals surface area contributed by atoms with Gasteiger partial charge in [0.25, 0.3) is 0 Å². The molecule has 0 rings (SSSR count). The molecule has 10 heavy (non-hydrogen) atoms. The summed E-state index contributed by atoms with van der Waals surface area (Å²) in [5, 5.41) is 0. The van der Waals surface area contributed by atoms with E-state index in [0.717, 1.165) is 6.08 Å². The summed E-state index contributed by atoms with van der Waals surface area (Å²) in [4.78, 5) is 9.47. The summed E-state index contributed by atoms with van der Waals surface area (Å²) in [6.45, 7) is 3.09. The Bertz CT molecular complexity index is 124. The van der Waals surface area contributed by atoms with Gasteiger partial charge in [-0.3, -0.25) is 4.79 Å². The van der Waals surface area contributed by atoms with E-state index in [4.69, 9.17) is 13.3 Å². The van der Waals surface area contributed by atoms with Gasteiger partial charge in [-0.15, -0.1) is 0 Å². The number of carbonyl (C=O) groups is 1. The van der Waals surface area contributed by atoms with Gasteiger partial charge in [-0.2, -0.15) is 0 Å². The maximum Gasteiger partial charge on any atom is 1.00 e. The normalized spacial score (nSPS) is 9.40. The molecule has 1 atom stereocenters. The van der Waals surface area contributed by atoms with Crippen molar-refractivity contribution in [1.82, 2.24) is 0 Å². The van der Waals surface area contributed by atoms with E-state index in [1.54, 1.807) is 0 Å². The van der Waals surface area contributed by atoms with Crippen molar-refractivity contribution >= 4 is 17.3 Å². The number of rotatable bonds is 1. The fourth-order valence-electron chi connectivity index (χ4n) is 0. The molecule has 1 amide bonds. The SMILES string of the molecule is C=CC(N)=O.O=S([O-])O.[K+]. The molecule has 0 aliphatic rings. The molecule has 0 spiro atoms. The van der Waals surface area contributed by atoms with Crippen LogP contribution in [-0.2, 0) is 16.2 Å². The van der Waals surface area contributed by atoms with Gasteiger partial charge in [0, 0.05) is 0 Å². The maximum absolute atomic E-state index is 9.47. The molecule has 0 aromatic carbocycles. The van der Waals surface area contributed by atoms with Crippen molar-refractivity contribution in [1.29, 1.82) is 0 Å². The Hall–Kier alpha value is 0.916. The molecule has 7 heteroatoms. The van der Waals surface area contributed by atoms with Crippen LogP contribution in [0.1, 0.15) is 0 Å². The van der Waals surface area contributed by atoms with Crippen LogP contribution in [0.25, 0.3) is 0 Å². The number of hydrogen-bond acceptors (Lipinski definition) is 3. The first-order chi connectivity index (χ1) is 4.00. The van der Waals surface area contributed by atoms with Crippen molar-refractivity contribution in [3.8, 4) is 0 Å². The van der Waals surface area contributed by atoms with Crippen molar-refractivity contribution in [3.05, 3.63) is 12.7 Å². The van der Waals surface area contributed by atoms with Crippen molar-refractivity contribution < 1.29 is 69.5 Å². The molecule has 0 radical (unpaired) electrons. The third-order valence-corrected chi connectivity index (χ3v) is 0.201. The zero-order valence-corrected chi connectivity index (χ0v) is 9.38. The van der Waals surface area contributed by atoms with Crippen LogP contribution >= 0.6 is 0 Å². The Morgan fingerprint density at radius 2 is 1.90 bits per heavy atom. The molecule has 3 N–H and O–H groups in total. The molecule has 0 aliphatic heterocycles. The molecule has 0 heterocycles. The van der Waals surface area contributed by atoms with Gasteiger partial charge in [0.05, 0.1) is 11.4 Å². The largest absolute Gasteiger partial charge is 1.00 e. The van der Waals surface area contributed by atoms with E-state index < -0.39 is 17.3 Å². The van der Waals surface area contributed by atoms with E-state index in [0.29, 0.717) is 0 Å². The monoisotopic (exact) mass is 191 g/mol. The fourth-order valence-corrected chi connectivity index (χ4v) is 0. The molecule has 0 saturated carbocycles. The van der Waals surface area contributed by atoms with Crippen molar-refractivity contribution in [2.75, 3.05) is 0 Å². The predicted molar refractivity (Wildman–Crippen MR) is 30.9 cm³/mol. The van der Waals surface area contributed by atoms with E-state index in [1.165, 1.54) is 0 Å². The predicted octanol–water partition coefficient (Wildman–Crippen LogP) is -4.00. The molecular weight excluding hydrogens is 185 g/mol. The number of nitrogens with two attached hydrogens (primary N) is 1. The third kappa shape index (κ3) is 65.7. The van der Waals surface area contributed by atoms with Gasteiger partial charge in [0.2, 0.25) is 5.91 Å². The smallest absolute Gasteiger partial charge is 0.750 e. The molecule has 0 aliphatic carbocycles. The average Bonchev–Trinajstić information content (AvgIpc) is 1.65. The minimum Gasteiger partial charge on any atom is -0.750 e. The maximum atomic E-state index is 9.47. The second kappa shape index (κ2) is 12.6. The zero-order chi connectivity index (χ0) is 7.86. The molecule has 0 saturated heterocycles. The van der Waals surface area contributed by atoms with E-state index in [-0.39, 0.29) is 51.4 Å². The minimum atomic E-state index is -2.86. The summed E-state index contributed by atoms with van der Waals surface area (Å²) in [6.07, 6.45) is 1.06. The summed E-state index contributed by atoms with van der Waals surface area (Å²) in [5.74, 6) is -0.481. The van der Waals surface area contributed by atoms with Crippen LogP contribution in [0.4, 0.5) is 0 Å². The van der Waals surface area contributed by atoms with Crippen LogP contribution in [0.15, 0.2) is 12.7 Å². The second-order valence-corrected chi connectivity index (χ2v) is 1.26. The minimum absolute atomic E-state index is 0. The van der Waals surface area contributed by atoms with Gasteiger partial charge in [0.1, 0.15) is 0 Å². The van der Waals surface area contributed by atoms with Crippen molar-refractivity contribution in [3.63, 3.8) is 0 Å². The van der Waals surface area contributed by atoms with Gasteiger partial charge < -0.3 is 14.8 Å². The first-order valence-electron chi connectivity index (χ1n) is 1.71. The third-order valence-electron chi connectivity index (χ3n) is 0.201. The average molecular weight is 191 g/mol. The summed E-state index contributed by atoms with van der Waals surface area (Å²) in [5.41, 5.74) is 4.53.